The molecule has 1 aliphatic heterocycles. The van der Waals surface area contributed by atoms with Crippen LogP contribution in [0.5, 0.6) is 5.75 Å². The minimum atomic E-state index is -3.71. The average Bonchev–Trinajstić information content (AvgIpc) is 2.74. The highest BCUT2D eigenvalue weighted by molar-refractivity contribution is 7.92. The second-order valence-electron chi connectivity index (χ2n) is 6.57. The van der Waals surface area contributed by atoms with Crippen LogP contribution in [0.2, 0.25) is 0 Å². The maximum absolute atomic E-state index is 12.5. The Morgan fingerprint density at radius 3 is 2.54 bits per heavy atom. The van der Waals surface area contributed by atoms with E-state index in [0.717, 1.165) is 25.1 Å². The Bertz CT molecular complexity index is 1060. The number of nitrogens with zero attached hydrogens (tertiary/aromatic N) is 2. The van der Waals surface area contributed by atoms with Gasteiger partial charge in [-0.25, -0.2) is 13.4 Å². The molecule has 7 heteroatoms. The number of sulfonamides is 1. The van der Waals surface area contributed by atoms with E-state index in [1.54, 1.807) is 24.4 Å². The monoisotopic (exact) mass is 395 g/mol. The van der Waals surface area contributed by atoms with Crippen LogP contribution in [0.3, 0.4) is 0 Å². The predicted molar refractivity (Wildman–Crippen MR) is 110 cm³/mol. The van der Waals surface area contributed by atoms with E-state index in [9.17, 15) is 8.42 Å². The number of aromatic nitrogens is 1. The van der Waals surface area contributed by atoms with Gasteiger partial charge in [0.15, 0.2) is 0 Å². The standard InChI is InChI=1S/C21H21N3O3S/c1-27-18-9-11-19(12-10-18)28(25,26)23-21-13-8-17(15-22-21)24-14-4-6-16-5-2-3-7-20(16)24/h2-3,5,7-13,15H,4,6,14H2,1H3,(H,22,23). The lowest BCUT2D eigenvalue weighted by Crippen LogP contribution is -2.24. The largest absolute Gasteiger partial charge is 0.497 e. The Balaban J connectivity index is 1.54. The molecule has 1 aromatic heterocycles. The van der Waals surface area contributed by atoms with E-state index < -0.39 is 10.0 Å². The van der Waals surface area contributed by atoms with Crippen LogP contribution in [-0.2, 0) is 16.4 Å². The van der Waals surface area contributed by atoms with Gasteiger partial charge in [-0.1, -0.05) is 18.2 Å². The van der Waals surface area contributed by atoms with Crippen molar-refractivity contribution in [2.45, 2.75) is 17.7 Å². The number of aryl methyl sites for hydroxylation is 1. The highest BCUT2D eigenvalue weighted by atomic mass is 32.2. The quantitative estimate of drug-likeness (QED) is 0.708. The van der Waals surface area contributed by atoms with Gasteiger partial charge in [0.1, 0.15) is 11.6 Å². The molecule has 0 unspecified atom stereocenters. The first-order valence-electron chi connectivity index (χ1n) is 9.05. The molecule has 0 bridgehead atoms. The van der Waals surface area contributed by atoms with Gasteiger partial charge in [-0.3, -0.25) is 4.72 Å². The Kier molecular flexibility index (Phi) is 4.92. The summed E-state index contributed by atoms with van der Waals surface area (Å²) in [5, 5.41) is 0. The third kappa shape index (κ3) is 3.66. The molecule has 0 radical (unpaired) electrons. The third-order valence-corrected chi connectivity index (χ3v) is 6.15. The van der Waals surface area contributed by atoms with Crippen molar-refractivity contribution in [3.63, 3.8) is 0 Å². The van der Waals surface area contributed by atoms with Gasteiger partial charge >= 0.3 is 0 Å². The highest BCUT2D eigenvalue weighted by Crippen LogP contribution is 2.33. The second-order valence-corrected chi connectivity index (χ2v) is 8.25. The summed E-state index contributed by atoms with van der Waals surface area (Å²) in [4.78, 5) is 6.69. The second kappa shape index (κ2) is 7.52. The zero-order valence-electron chi connectivity index (χ0n) is 15.5. The number of pyridine rings is 1. The number of hydrogen-bond donors (Lipinski definition) is 1. The summed E-state index contributed by atoms with van der Waals surface area (Å²) in [5.74, 6) is 0.883. The molecule has 1 N–H and O–H groups in total. The summed E-state index contributed by atoms with van der Waals surface area (Å²) in [6.07, 6.45) is 3.84. The van der Waals surface area contributed by atoms with E-state index in [-0.39, 0.29) is 10.7 Å². The van der Waals surface area contributed by atoms with Gasteiger partial charge < -0.3 is 9.64 Å². The van der Waals surface area contributed by atoms with Crippen LogP contribution in [0.1, 0.15) is 12.0 Å². The van der Waals surface area contributed by atoms with Crippen LogP contribution in [0.15, 0.2) is 71.8 Å². The molecule has 0 aliphatic carbocycles. The number of hydrogen-bond acceptors (Lipinski definition) is 5. The Morgan fingerprint density at radius 2 is 1.82 bits per heavy atom. The summed E-state index contributed by atoms with van der Waals surface area (Å²) in [7, 11) is -2.17. The zero-order valence-corrected chi connectivity index (χ0v) is 16.3. The van der Waals surface area contributed by atoms with E-state index in [1.165, 1.54) is 30.5 Å². The van der Waals surface area contributed by atoms with Crippen molar-refractivity contribution in [1.29, 1.82) is 0 Å². The third-order valence-electron chi connectivity index (χ3n) is 4.78. The highest BCUT2D eigenvalue weighted by Gasteiger charge is 2.19. The van der Waals surface area contributed by atoms with Crippen molar-refractivity contribution in [3.8, 4) is 5.75 Å². The number of fused-ring (bicyclic) bond motifs is 1. The van der Waals surface area contributed by atoms with Crippen LogP contribution in [0.25, 0.3) is 0 Å². The first-order chi connectivity index (χ1) is 13.6. The Labute approximate surface area is 164 Å². The molecule has 144 valence electrons. The molecule has 3 aromatic rings. The number of rotatable bonds is 5. The average molecular weight is 395 g/mol. The number of methoxy groups -OCH3 is 1. The van der Waals surface area contributed by atoms with Crippen molar-refractivity contribution in [1.82, 2.24) is 4.98 Å². The van der Waals surface area contributed by atoms with Crippen LogP contribution in [-0.4, -0.2) is 27.1 Å². The molecule has 0 saturated carbocycles. The summed E-state index contributed by atoms with van der Waals surface area (Å²) in [6, 6.07) is 18.1. The van der Waals surface area contributed by atoms with Crippen molar-refractivity contribution < 1.29 is 13.2 Å². The molecule has 0 amide bonds. The predicted octanol–water partition coefficient (Wildman–Crippen LogP) is 3.98. The van der Waals surface area contributed by atoms with E-state index in [0.29, 0.717) is 5.75 Å². The minimum absolute atomic E-state index is 0.157. The van der Waals surface area contributed by atoms with Gasteiger partial charge in [0, 0.05) is 12.2 Å². The number of nitrogens with one attached hydrogen (secondary N) is 1. The number of benzene rings is 2. The lowest BCUT2D eigenvalue weighted by molar-refractivity contribution is 0.414. The number of ether oxygens (including phenoxy) is 1. The summed E-state index contributed by atoms with van der Waals surface area (Å²) in [5.41, 5.74) is 3.44. The topological polar surface area (TPSA) is 71.5 Å². The maximum Gasteiger partial charge on any atom is 0.263 e. The number of para-hydroxylation sites is 1. The SMILES string of the molecule is COc1ccc(S(=O)(=O)Nc2ccc(N3CCCc4ccccc43)cn2)cc1. The van der Waals surface area contributed by atoms with Crippen LogP contribution in [0.4, 0.5) is 17.2 Å². The van der Waals surface area contributed by atoms with Crippen molar-refractivity contribution >= 4 is 27.2 Å². The molecule has 6 nitrogen and oxygen atoms in total. The lowest BCUT2D eigenvalue weighted by atomic mass is 10.0. The van der Waals surface area contributed by atoms with Gasteiger partial charge in [0.05, 0.1) is 23.9 Å². The van der Waals surface area contributed by atoms with Gasteiger partial charge in [-0.05, 0) is 60.9 Å². The minimum Gasteiger partial charge on any atom is -0.497 e. The van der Waals surface area contributed by atoms with Gasteiger partial charge in [0.25, 0.3) is 10.0 Å². The normalized spacial score (nSPS) is 13.7. The molecule has 0 saturated heterocycles. The van der Waals surface area contributed by atoms with E-state index in [1.807, 2.05) is 12.1 Å². The molecule has 0 atom stereocenters. The number of anilines is 3. The molecule has 1 aliphatic rings. The summed E-state index contributed by atoms with van der Waals surface area (Å²) in [6.45, 7) is 0.912. The van der Waals surface area contributed by atoms with E-state index in [4.69, 9.17) is 4.74 Å². The Morgan fingerprint density at radius 1 is 1.04 bits per heavy atom. The molecular formula is C21H21N3O3S. The lowest BCUT2D eigenvalue weighted by Gasteiger charge is -2.31. The fourth-order valence-corrected chi connectivity index (χ4v) is 4.37. The van der Waals surface area contributed by atoms with E-state index >= 15 is 0 Å². The van der Waals surface area contributed by atoms with Crippen molar-refractivity contribution in [2.75, 3.05) is 23.3 Å². The molecular weight excluding hydrogens is 374 g/mol. The molecule has 2 aromatic carbocycles. The molecule has 0 fully saturated rings. The van der Waals surface area contributed by atoms with Gasteiger partial charge in [0.2, 0.25) is 0 Å². The van der Waals surface area contributed by atoms with Crippen LogP contribution in [0, 0.1) is 0 Å². The van der Waals surface area contributed by atoms with E-state index in [2.05, 4.69) is 32.8 Å². The molecule has 2 heterocycles. The Hall–Kier alpha value is -3.06. The van der Waals surface area contributed by atoms with Crippen LogP contribution < -0.4 is 14.4 Å². The van der Waals surface area contributed by atoms with Crippen molar-refractivity contribution in [2.24, 2.45) is 0 Å². The molecule has 0 spiro atoms. The first kappa shape index (κ1) is 18.3. The van der Waals surface area contributed by atoms with Crippen molar-refractivity contribution in [3.05, 3.63) is 72.4 Å². The summed E-state index contributed by atoms with van der Waals surface area (Å²) < 4.78 is 32.7. The van der Waals surface area contributed by atoms with Gasteiger partial charge in [-0.15, -0.1) is 0 Å². The summed E-state index contributed by atoms with van der Waals surface area (Å²) >= 11 is 0. The smallest absolute Gasteiger partial charge is 0.263 e. The zero-order chi connectivity index (χ0) is 19.6. The first-order valence-corrected chi connectivity index (χ1v) is 10.5. The fourth-order valence-electron chi connectivity index (χ4n) is 3.36. The molecule has 28 heavy (non-hydrogen) atoms. The van der Waals surface area contributed by atoms with Crippen LogP contribution >= 0.6 is 0 Å². The molecule has 4 rings (SSSR count). The maximum atomic E-state index is 12.5. The van der Waals surface area contributed by atoms with Gasteiger partial charge in [-0.2, -0.15) is 0 Å². The fraction of sp³-hybridized carbons (Fsp3) is 0.190.